The summed E-state index contributed by atoms with van der Waals surface area (Å²) in [6, 6.07) is 14.6. The van der Waals surface area contributed by atoms with Crippen molar-refractivity contribution in [2.75, 3.05) is 11.4 Å². The second kappa shape index (κ2) is 6.47. The van der Waals surface area contributed by atoms with Crippen molar-refractivity contribution < 1.29 is 4.79 Å². The number of aromatic nitrogens is 2. The fraction of sp³-hybridized carbons (Fsp3) is 0.105. The van der Waals surface area contributed by atoms with E-state index in [-0.39, 0.29) is 5.91 Å². The Balaban J connectivity index is 1.67. The van der Waals surface area contributed by atoms with Crippen molar-refractivity contribution in [1.82, 2.24) is 9.97 Å². The molecule has 124 valence electrons. The van der Waals surface area contributed by atoms with Crippen molar-refractivity contribution in [3.05, 3.63) is 76.2 Å². The van der Waals surface area contributed by atoms with Gasteiger partial charge in [-0.25, -0.2) is 9.97 Å². The SMILES string of the molecule is O=C(c1cc(-c2cccc(Cl)c2)ncn1)N1CCc2cc(Cl)ccc21. The molecule has 0 radical (unpaired) electrons. The number of hydrogen-bond acceptors (Lipinski definition) is 3. The van der Waals surface area contributed by atoms with Gasteiger partial charge in [-0.15, -0.1) is 0 Å². The minimum Gasteiger partial charge on any atom is -0.306 e. The molecule has 4 rings (SSSR count). The molecule has 6 heteroatoms. The first-order valence-electron chi connectivity index (χ1n) is 7.80. The lowest BCUT2D eigenvalue weighted by Gasteiger charge is -2.17. The van der Waals surface area contributed by atoms with Crippen LogP contribution in [-0.4, -0.2) is 22.4 Å². The van der Waals surface area contributed by atoms with E-state index in [0.29, 0.717) is 28.0 Å². The van der Waals surface area contributed by atoms with Gasteiger partial charge in [0.05, 0.1) is 5.69 Å². The summed E-state index contributed by atoms with van der Waals surface area (Å²) in [7, 11) is 0. The molecule has 0 saturated heterocycles. The fourth-order valence-corrected chi connectivity index (χ4v) is 3.38. The van der Waals surface area contributed by atoms with Gasteiger partial charge in [-0.2, -0.15) is 0 Å². The maximum absolute atomic E-state index is 12.9. The van der Waals surface area contributed by atoms with Crippen LogP contribution >= 0.6 is 23.2 Å². The highest BCUT2D eigenvalue weighted by atomic mass is 35.5. The van der Waals surface area contributed by atoms with Crippen LogP contribution in [0.15, 0.2) is 54.9 Å². The van der Waals surface area contributed by atoms with Crippen molar-refractivity contribution in [2.24, 2.45) is 0 Å². The van der Waals surface area contributed by atoms with E-state index in [1.807, 2.05) is 30.3 Å². The molecule has 4 nitrogen and oxygen atoms in total. The molecule has 1 amide bonds. The molecule has 1 aliphatic heterocycles. The number of carbonyl (C=O) groups is 1. The zero-order valence-electron chi connectivity index (χ0n) is 13.1. The van der Waals surface area contributed by atoms with E-state index in [1.165, 1.54) is 6.33 Å². The molecule has 0 atom stereocenters. The van der Waals surface area contributed by atoms with Crippen LogP contribution < -0.4 is 4.90 Å². The Morgan fingerprint density at radius 3 is 2.68 bits per heavy atom. The molecular weight excluding hydrogens is 357 g/mol. The number of fused-ring (bicyclic) bond motifs is 1. The van der Waals surface area contributed by atoms with Crippen molar-refractivity contribution in [2.45, 2.75) is 6.42 Å². The first-order chi connectivity index (χ1) is 12.1. The lowest BCUT2D eigenvalue weighted by molar-refractivity contribution is 0.0984. The molecule has 1 aromatic heterocycles. The van der Waals surface area contributed by atoms with Crippen LogP contribution in [0.4, 0.5) is 5.69 Å². The first-order valence-corrected chi connectivity index (χ1v) is 8.56. The summed E-state index contributed by atoms with van der Waals surface area (Å²) >= 11 is 12.1. The minimum absolute atomic E-state index is 0.147. The van der Waals surface area contributed by atoms with E-state index in [0.717, 1.165) is 23.2 Å². The summed E-state index contributed by atoms with van der Waals surface area (Å²) in [5.41, 5.74) is 3.82. The topological polar surface area (TPSA) is 46.1 Å². The molecule has 0 spiro atoms. The van der Waals surface area contributed by atoms with Crippen LogP contribution in [0.1, 0.15) is 16.1 Å². The number of benzene rings is 2. The zero-order valence-corrected chi connectivity index (χ0v) is 14.6. The van der Waals surface area contributed by atoms with E-state index >= 15 is 0 Å². The lowest BCUT2D eigenvalue weighted by Crippen LogP contribution is -2.29. The number of nitrogens with zero attached hydrogens (tertiary/aromatic N) is 3. The van der Waals surface area contributed by atoms with E-state index in [4.69, 9.17) is 23.2 Å². The fourth-order valence-electron chi connectivity index (χ4n) is 3.00. The highest BCUT2D eigenvalue weighted by molar-refractivity contribution is 6.31. The molecule has 0 fully saturated rings. The summed E-state index contributed by atoms with van der Waals surface area (Å²) in [5.74, 6) is -0.147. The van der Waals surface area contributed by atoms with Gasteiger partial charge in [-0.05, 0) is 48.4 Å². The number of halogens is 2. The van der Waals surface area contributed by atoms with Gasteiger partial charge >= 0.3 is 0 Å². The molecular formula is C19H13Cl2N3O. The second-order valence-corrected chi connectivity index (χ2v) is 6.65. The van der Waals surface area contributed by atoms with Crippen molar-refractivity contribution in [3.8, 4) is 11.3 Å². The van der Waals surface area contributed by atoms with E-state index in [2.05, 4.69) is 9.97 Å². The van der Waals surface area contributed by atoms with Gasteiger partial charge in [0.1, 0.15) is 12.0 Å². The van der Waals surface area contributed by atoms with E-state index in [9.17, 15) is 4.79 Å². The van der Waals surface area contributed by atoms with Crippen molar-refractivity contribution >= 4 is 34.8 Å². The van der Waals surface area contributed by atoms with E-state index in [1.54, 1.807) is 23.1 Å². The third-order valence-corrected chi connectivity index (χ3v) is 4.66. The summed E-state index contributed by atoms with van der Waals surface area (Å²) in [6.45, 7) is 0.616. The Kier molecular flexibility index (Phi) is 4.15. The average molecular weight is 370 g/mol. The lowest BCUT2D eigenvalue weighted by atomic mass is 10.1. The Hall–Kier alpha value is -2.43. The van der Waals surface area contributed by atoms with Crippen molar-refractivity contribution in [3.63, 3.8) is 0 Å². The van der Waals surface area contributed by atoms with Crippen LogP contribution in [0.3, 0.4) is 0 Å². The third kappa shape index (κ3) is 3.11. The normalized spacial score (nSPS) is 13.0. The zero-order chi connectivity index (χ0) is 17.4. The second-order valence-electron chi connectivity index (χ2n) is 5.78. The molecule has 3 aromatic rings. The number of anilines is 1. The summed E-state index contributed by atoms with van der Waals surface area (Å²) < 4.78 is 0. The Labute approximate surface area is 155 Å². The van der Waals surface area contributed by atoms with Gasteiger partial charge in [-0.1, -0.05) is 35.3 Å². The largest absolute Gasteiger partial charge is 0.306 e. The minimum atomic E-state index is -0.147. The molecule has 0 N–H and O–H groups in total. The average Bonchev–Trinajstić information content (AvgIpc) is 3.04. The summed E-state index contributed by atoms with van der Waals surface area (Å²) in [6.07, 6.45) is 2.19. The van der Waals surface area contributed by atoms with Gasteiger partial charge in [0, 0.05) is 27.8 Å². The quantitative estimate of drug-likeness (QED) is 0.660. The van der Waals surface area contributed by atoms with Gasteiger partial charge in [-0.3, -0.25) is 4.79 Å². The maximum atomic E-state index is 12.9. The van der Waals surface area contributed by atoms with Crippen molar-refractivity contribution in [1.29, 1.82) is 0 Å². The summed E-state index contributed by atoms with van der Waals surface area (Å²) in [5, 5.41) is 1.30. The molecule has 0 aliphatic carbocycles. The third-order valence-electron chi connectivity index (χ3n) is 4.19. The highest BCUT2D eigenvalue weighted by Gasteiger charge is 2.26. The predicted molar refractivity (Wildman–Crippen MR) is 99.3 cm³/mol. The van der Waals surface area contributed by atoms with Crippen LogP contribution in [0, 0.1) is 0 Å². The monoisotopic (exact) mass is 369 g/mol. The smallest absolute Gasteiger partial charge is 0.277 e. The van der Waals surface area contributed by atoms with Gasteiger partial charge in [0.25, 0.3) is 5.91 Å². The van der Waals surface area contributed by atoms with Crippen LogP contribution in [0.2, 0.25) is 10.0 Å². The number of rotatable bonds is 2. The molecule has 1 aliphatic rings. The molecule has 0 unspecified atom stereocenters. The van der Waals surface area contributed by atoms with Gasteiger partial charge in [0.15, 0.2) is 0 Å². The van der Waals surface area contributed by atoms with Crippen LogP contribution in [-0.2, 0) is 6.42 Å². The maximum Gasteiger partial charge on any atom is 0.277 e. The number of carbonyl (C=O) groups excluding carboxylic acids is 1. The number of amides is 1. The van der Waals surface area contributed by atoms with Crippen LogP contribution in [0.25, 0.3) is 11.3 Å². The molecule has 2 aromatic carbocycles. The Morgan fingerprint density at radius 1 is 1.00 bits per heavy atom. The highest BCUT2D eigenvalue weighted by Crippen LogP contribution is 2.31. The standard InChI is InChI=1S/C19H13Cl2N3O/c20-14-3-1-2-12(8-14)16-10-17(23-11-22-16)19(25)24-7-6-13-9-15(21)4-5-18(13)24/h1-5,8-11H,6-7H2. The molecule has 0 bridgehead atoms. The Bertz CT molecular complexity index is 974. The Morgan fingerprint density at radius 2 is 1.84 bits per heavy atom. The molecule has 0 saturated carbocycles. The summed E-state index contributed by atoms with van der Waals surface area (Å²) in [4.78, 5) is 23.1. The van der Waals surface area contributed by atoms with Gasteiger partial charge < -0.3 is 4.90 Å². The molecule has 25 heavy (non-hydrogen) atoms. The molecule has 2 heterocycles. The first kappa shape index (κ1) is 16.1. The van der Waals surface area contributed by atoms with Gasteiger partial charge in [0.2, 0.25) is 0 Å². The van der Waals surface area contributed by atoms with E-state index < -0.39 is 0 Å². The number of hydrogen-bond donors (Lipinski definition) is 0. The predicted octanol–water partition coefficient (Wildman–Crippen LogP) is 4.65. The van der Waals surface area contributed by atoms with Crippen LogP contribution in [0.5, 0.6) is 0 Å².